The van der Waals surface area contributed by atoms with Gasteiger partial charge in [0.05, 0.1) is 18.3 Å². The fourth-order valence-electron chi connectivity index (χ4n) is 13.1. The van der Waals surface area contributed by atoms with Crippen LogP contribution in [0.15, 0.2) is 11.6 Å². The van der Waals surface area contributed by atoms with Crippen molar-refractivity contribution in [2.75, 3.05) is 6.61 Å². The van der Waals surface area contributed by atoms with Crippen LogP contribution in [0.4, 0.5) is 0 Å². The molecular weight excluding hydrogens is 620 g/mol. The number of aliphatic hydroxyl groups excluding tert-OH is 3. The third-order valence-corrected chi connectivity index (χ3v) is 15.4. The lowest BCUT2D eigenvalue weighted by atomic mass is 9.44. The van der Waals surface area contributed by atoms with Gasteiger partial charge in [0.2, 0.25) is 0 Å². The number of carbonyl (C=O) groups excluding carboxylic acids is 2. The largest absolute Gasteiger partial charge is 0.462 e. The molecule has 0 aromatic heterocycles. The lowest BCUT2D eigenvalue weighted by Gasteiger charge is -2.61. The summed E-state index contributed by atoms with van der Waals surface area (Å²) in [6.45, 7) is 15.9. The molecule has 2 spiro atoms. The molecule has 3 heterocycles. The molecule has 4 saturated carbocycles. The Morgan fingerprint density at radius 2 is 1.67 bits per heavy atom. The number of aliphatic hydroxyl groups is 4. The van der Waals surface area contributed by atoms with Crippen molar-refractivity contribution in [2.24, 2.45) is 44.8 Å². The Morgan fingerprint density at radius 3 is 2.31 bits per heavy atom. The summed E-state index contributed by atoms with van der Waals surface area (Å²) in [5.41, 5.74) is -1.02. The van der Waals surface area contributed by atoms with Gasteiger partial charge in [-0.05, 0) is 68.6 Å². The van der Waals surface area contributed by atoms with Gasteiger partial charge in [-0.1, -0.05) is 46.3 Å². The SMILES string of the molecule is CC(=O)O[C@@H]1C[C@@]23C[C@@]24CC[C@H](O[C@@H]2OC[C@@H](O)[C@H](O)[C@H]2O)C(C)(C)[C@@H]4CC=C3[C@]2(C)C[C@]3(O)O[C@H](C(=O)[C@H]4OC4(C)C)[C@@H](C)[C@@H]3[C@@]12C. The number of allylic oxidation sites excluding steroid dienone is 2. The summed E-state index contributed by atoms with van der Waals surface area (Å²) in [4.78, 5) is 26.4. The second kappa shape index (κ2) is 9.91. The normalized spacial score (nSPS) is 56.8. The minimum absolute atomic E-state index is 0.0505. The van der Waals surface area contributed by atoms with E-state index in [4.69, 9.17) is 23.7 Å². The van der Waals surface area contributed by atoms with E-state index in [0.29, 0.717) is 12.8 Å². The number of epoxide rings is 1. The van der Waals surface area contributed by atoms with E-state index in [0.717, 1.165) is 25.7 Å². The van der Waals surface area contributed by atoms with Crippen molar-refractivity contribution in [1.29, 1.82) is 0 Å². The molecule has 0 bridgehead atoms. The van der Waals surface area contributed by atoms with Gasteiger partial charge in [-0.25, -0.2) is 0 Å². The number of Topliss-reactive ketones (excluding diaryl/α,β-unsaturated/α-hetero) is 1. The van der Waals surface area contributed by atoms with Gasteiger partial charge in [0.15, 0.2) is 17.9 Å². The predicted molar refractivity (Wildman–Crippen MR) is 169 cm³/mol. The molecule has 0 radical (unpaired) electrons. The van der Waals surface area contributed by atoms with E-state index in [-0.39, 0.29) is 52.5 Å². The molecule has 0 aromatic carbocycles. The van der Waals surface area contributed by atoms with Gasteiger partial charge in [-0.3, -0.25) is 9.59 Å². The van der Waals surface area contributed by atoms with E-state index in [1.54, 1.807) is 0 Å². The number of fused-ring (bicyclic) bond motifs is 4. The number of hydrogen-bond donors (Lipinski definition) is 4. The van der Waals surface area contributed by atoms with Crippen LogP contribution in [0.3, 0.4) is 0 Å². The topological polar surface area (TPSA) is 165 Å². The van der Waals surface area contributed by atoms with Crippen LogP contribution in [-0.4, -0.2) is 99.2 Å². The molecule has 268 valence electrons. The molecule has 5 aliphatic carbocycles. The zero-order valence-corrected chi connectivity index (χ0v) is 29.5. The third kappa shape index (κ3) is 3.99. The maximum Gasteiger partial charge on any atom is 0.302 e. The summed E-state index contributed by atoms with van der Waals surface area (Å²) < 4.78 is 30.6. The standard InChI is InChI=1S/C37H54O11/c1-17-27(26(42)29-32(5,6)48-29)47-37(43)15-33(7)21-10-9-20-31(3,4)22(46-30-25(41)24(40)19(39)14-44-30)11-12-35(20)16-36(21,35)13-23(45-18(2)38)34(33,8)28(17)37/h10,17,19-20,22-25,27-30,39-41,43H,9,11-16H2,1-8H3/t17-,19-,20+,22+,23-,24+,25-,27+,28-,29-,30+,33+,34-,35-,36+,37+/m1/s1. The number of ketones is 1. The second-order valence-electron chi connectivity index (χ2n) is 18.4. The highest BCUT2D eigenvalue weighted by Gasteiger charge is 2.86. The van der Waals surface area contributed by atoms with Crippen LogP contribution in [0.2, 0.25) is 0 Å². The Morgan fingerprint density at radius 1 is 0.979 bits per heavy atom. The Bertz CT molecular complexity index is 1460. The number of rotatable bonds is 5. The summed E-state index contributed by atoms with van der Waals surface area (Å²) in [6, 6.07) is 0. The first-order chi connectivity index (χ1) is 22.2. The third-order valence-electron chi connectivity index (χ3n) is 15.4. The smallest absolute Gasteiger partial charge is 0.302 e. The van der Waals surface area contributed by atoms with E-state index in [1.807, 2.05) is 20.8 Å². The minimum Gasteiger partial charge on any atom is -0.462 e. The predicted octanol–water partition coefficient (Wildman–Crippen LogP) is 2.79. The fraction of sp³-hybridized carbons (Fsp3) is 0.892. The van der Waals surface area contributed by atoms with E-state index in [2.05, 4.69) is 33.8 Å². The van der Waals surface area contributed by atoms with Crippen LogP contribution in [0.25, 0.3) is 0 Å². The molecule has 4 N–H and O–H groups in total. The van der Waals surface area contributed by atoms with Gasteiger partial charge < -0.3 is 44.1 Å². The highest BCUT2D eigenvalue weighted by atomic mass is 16.7. The summed E-state index contributed by atoms with van der Waals surface area (Å²) in [7, 11) is 0. The summed E-state index contributed by atoms with van der Waals surface area (Å²) >= 11 is 0. The first kappa shape index (κ1) is 33.7. The molecular formula is C37H54O11. The lowest BCUT2D eigenvalue weighted by Crippen LogP contribution is -2.60. The van der Waals surface area contributed by atoms with Gasteiger partial charge in [-0.2, -0.15) is 0 Å². The van der Waals surface area contributed by atoms with Crippen molar-refractivity contribution in [3.63, 3.8) is 0 Å². The van der Waals surface area contributed by atoms with Crippen LogP contribution in [0.5, 0.6) is 0 Å². The lowest BCUT2D eigenvalue weighted by molar-refractivity contribution is -0.300. The van der Waals surface area contributed by atoms with E-state index < -0.39 is 71.0 Å². The molecule has 3 aliphatic heterocycles. The number of carbonyl (C=O) groups is 2. The Hall–Kier alpha value is -1.44. The van der Waals surface area contributed by atoms with Crippen molar-refractivity contribution >= 4 is 11.8 Å². The number of hydrogen-bond acceptors (Lipinski definition) is 11. The number of ether oxygens (including phenoxy) is 5. The monoisotopic (exact) mass is 674 g/mol. The molecule has 0 amide bonds. The fourth-order valence-corrected chi connectivity index (χ4v) is 13.1. The molecule has 8 rings (SSSR count). The summed E-state index contributed by atoms with van der Waals surface area (Å²) in [5, 5.41) is 43.3. The molecule has 48 heavy (non-hydrogen) atoms. The quantitative estimate of drug-likeness (QED) is 0.193. The zero-order chi connectivity index (χ0) is 34.8. The van der Waals surface area contributed by atoms with Crippen molar-refractivity contribution in [1.82, 2.24) is 0 Å². The Kier molecular flexibility index (Phi) is 6.95. The molecule has 0 aromatic rings. The van der Waals surface area contributed by atoms with Crippen LogP contribution < -0.4 is 0 Å². The summed E-state index contributed by atoms with van der Waals surface area (Å²) in [5.74, 6) is -2.55. The maximum absolute atomic E-state index is 13.6. The molecule has 11 nitrogen and oxygen atoms in total. The number of esters is 1. The van der Waals surface area contributed by atoms with Crippen molar-refractivity contribution < 1.29 is 53.7 Å². The molecule has 16 atom stereocenters. The second-order valence-corrected chi connectivity index (χ2v) is 18.4. The van der Waals surface area contributed by atoms with Gasteiger partial charge in [0.25, 0.3) is 0 Å². The first-order valence-corrected chi connectivity index (χ1v) is 18.0. The van der Waals surface area contributed by atoms with E-state index >= 15 is 0 Å². The highest BCUT2D eigenvalue weighted by Crippen LogP contribution is 2.89. The zero-order valence-electron chi connectivity index (χ0n) is 29.5. The highest BCUT2D eigenvalue weighted by molar-refractivity contribution is 5.91. The minimum atomic E-state index is -1.56. The van der Waals surface area contributed by atoms with Gasteiger partial charge in [0.1, 0.15) is 36.6 Å². The molecule has 3 saturated heterocycles. The first-order valence-electron chi connectivity index (χ1n) is 18.0. The average molecular weight is 675 g/mol. The van der Waals surface area contributed by atoms with Crippen LogP contribution >= 0.6 is 0 Å². The van der Waals surface area contributed by atoms with Gasteiger partial charge >= 0.3 is 5.97 Å². The van der Waals surface area contributed by atoms with E-state index in [9.17, 15) is 30.0 Å². The molecule has 0 unspecified atom stereocenters. The van der Waals surface area contributed by atoms with Crippen molar-refractivity contribution in [2.45, 2.75) is 154 Å². The van der Waals surface area contributed by atoms with Crippen LogP contribution in [0.1, 0.15) is 93.9 Å². The molecule has 11 heteroatoms. The average Bonchev–Trinajstić information content (AvgIpc) is 3.79. The molecule has 7 fully saturated rings. The van der Waals surface area contributed by atoms with E-state index in [1.165, 1.54) is 12.5 Å². The maximum atomic E-state index is 13.6. The van der Waals surface area contributed by atoms with Crippen LogP contribution in [-0.2, 0) is 33.3 Å². The van der Waals surface area contributed by atoms with Crippen molar-refractivity contribution in [3.8, 4) is 0 Å². The molecule has 8 aliphatic rings. The van der Waals surface area contributed by atoms with Crippen LogP contribution in [0, 0.1) is 44.8 Å². The van der Waals surface area contributed by atoms with Gasteiger partial charge in [-0.15, -0.1) is 0 Å². The van der Waals surface area contributed by atoms with Crippen molar-refractivity contribution in [3.05, 3.63) is 11.6 Å². The van der Waals surface area contributed by atoms with Gasteiger partial charge in [0, 0.05) is 35.5 Å². The Labute approximate surface area is 282 Å². The Balaban J connectivity index is 1.13. The summed E-state index contributed by atoms with van der Waals surface area (Å²) in [6.07, 6.45) is -0.212.